The van der Waals surface area contributed by atoms with E-state index in [1.165, 1.54) is 0 Å². The quantitative estimate of drug-likeness (QED) is 0.222. The van der Waals surface area contributed by atoms with E-state index in [-0.39, 0.29) is 35.0 Å². The van der Waals surface area contributed by atoms with Crippen LogP contribution < -0.4 is 29.6 Å². The molecule has 22 valence electrons. The van der Waals surface area contributed by atoms with Gasteiger partial charge >= 0.3 is 29.6 Å². The summed E-state index contributed by atoms with van der Waals surface area (Å²) in [6, 6.07) is 0. The Morgan fingerprint density at radius 2 is 1.25 bits per heavy atom. The van der Waals surface area contributed by atoms with Crippen LogP contribution in [0.15, 0.2) is 0 Å². The molecule has 0 aliphatic carbocycles. The summed E-state index contributed by atoms with van der Waals surface area (Å²) in [5.41, 5.74) is 0. The van der Waals surface area contributed by atoms with Crippen molar-refractivity contribution in [1.82, 2.24) is 0 Å². The van der Waals surface area contributed by atoms with E-state index in [0.717, 1.165) is 0 Å². The Morgan fingerprint density at radius 1 is 1.25 bits per heavy atom. The fourth-order valence-corrected chi connectivity index (χ4v) is 0. The van der Waals surface area contributed by atoms with Crippen molar-refractivity contribution in [3.05, 3.63) is 0 Å². The first-order valence-electron chi connectivity index (χ1n) is 0.408. The fourth-order valence-electron chi connectivity index (χ4n) is 0. The van der Waals surface area contributed by atoms with Crippen molar-refractivity contribution < 1.29 is 35.0 Å². The molecule has 0 fully saturated rings. The fraction of sp³-hybridized carbons (Fsp3) is 1.00. The van der Waals surface area contributed by atoms with Crippen LogP contribution in [-0.2, 0) is 12.6 Å². The Hall–Kier alpha value is 1.31. The van der Waals surface area contributed by atoms with Gasteiger partial charge in [-0.1, -0.05) is 0 Å². The van der Waals surface area contributed by atoms with Crippen molar-refractivity contribution in [1.29, 1.82) is 0 Å². The summed E-state index contributed by atoms with van der Waals surface area (Å²) in [5, 5.41) is 0. The van der Waals surface area contributed by atoms with Gasteiger partial charge in [-0.3, -0.25) is 0 Å². The Bertz CT molecular complexity index is 8.00. The molecule has 0 bridgehead atoms. The van der Waals surface area contributed by atoms with Crippen molar-refractivity contribution in [2.24, 2.45) is 0 Å². The molecule has 4 heavy (non-hydrogen) atoms. The Morgan fingerprint density at radius 3 is 1.25 bits per heavy atom. The van der Waals surface area contributed by atoms with Crippen LogP contribution in [0.3, 0.4) is 0 Å². The molecule has 0 atom stereocenters. The maximum atomic E-state index is 4.08. The Balaban J connectivity index is -0.00000000500. The summed E-state index contributed by atoms with van der Waals surface area (Å²) in [5.74, 6) is 0. The first kappa shape index (κ1) is 18.5. The van der Waals surface area contributed by atoms with Crippen LogP contribution in [-0.4, -0.2) is 11.7 Å². The third kappa shape index (κ3) is 10.3. The molecule has 0 radical (unpaired) electrons. The molecule has 0 aliphatic heterocycles. The summed E-state index contributed by atoms with van der Waals surface area (Å²) in [6.45, 7) is 0. The molecular weight excluding hydrogens is 83.1 g/mol. The van der Waals surface area contributed by atoms with Gasteiger partial charge in [0.1, 0.15) is 0 Å². The van der Waals surface area contributed by atoms with Crippen LogP contribution >= 0.6 is 0 Å². The summed E-state index contributed by atoms with van der Waals surface area (Å²) in [4.78, 5) is 0. The molecule has 0 spiro atoms. The Labute approximate surface area is 53.8 Å². The third-order valence-corrected chi connectivity index (χ3v) is 0. The van der Waals surface area contributed by atoms with Gasteiger partial charge in [-0.2, -0.15) is 6.26 Å². The van der Waals surface area contributed by atoms with Gasteiger partial charge in [0.15, 0.2) is 0 Å². The molecule has 0 saturated carbocycles. The van der Waals surface area contributed by atoms with Gasteiger partial charge in [-0.15, -0.1) is 0 Å². The average Bonchev–Trinajstić information content (AvgIpc) is 1.00. The minimum atomic E-state index is 0. The van der Waals surface area contributed by atoms with E-state index in [1.54, 1.807) is 6.26 Å². The van der Waals surface area contributed by atoms with E-state index < -0.39 is 0 Å². The SMILES string of the molecule is C[S-].O.[Na+]. The standard InChI is InChI=1S/CH4S.Na.H2O/c1-2;;/h2H,1H3;;1H2/q;+1;/p-1. The molecule has 0 heterocycles. The predicted molar refractivity (Wildman–Crippen MR) is 16.9 cm³/mol. The summed E-state index contributed by atoms with van der Waals surface area (Å²) < 4.78 is 0. The van der Waals surface area contributed by atoms with Crippen molar-refractivity contribution in [2.45, 2.75) is 0 Å². The monoisotopic (exact) mass is 88.0 g/mol. The maximum Gasteiger partial charge on any atom is 1.00 e. The molecule has 0 rings (SSSR count). The molecule has 0 unspecified atom stereocenters. The topological polar surface area (TPSA) is 31.5 Å². The minimum Gasteiger partial charge on any atom is -0.796 e. The zero-order valence-electron chi connectivity index (χ0n) is 2.91. The predicted octanol–water partition coefficient (Wildman–Crippen LogP) is -3.66. The van der Waals surface area contributed by atoms with Gasteiger partial charge in [-0.25, -0.2) is 0 Å². The second-order valence-electron chi connectivity index (χ2n) is 0. The molecule has 0 aromatic heterocycles. The van der Waals surface area contributed by atoms with Crippen LogP contribution in [0.2, 0.25) is 0 Å². The molecule has 0 aliphatic rings. The van der Waals surface area contributed by atoms with E-state index in [0.29, 0.717) is 0 Å². The van der Waals surface area contributed by atoms with Gasteiger partial charge in [-0.05, 0) is 0 Å². The third-order valence-electron chi connectivity index (χ3n) is 0. The van der Waals surface area contributed by atoms with E-state index >= 15 is 0 Å². The first-order chi connectivity index (χ1) is 1.00. The largest absolute Gasteiger partial charge is 1.00 e. The van der Waals surface area contributed by atoms with Gasteiger partial charge in [0, 0.05) is 0 Å². The number of rotatable bonds is 0. The second kappa shape index (κ2) is 27.5. The van der Waals surface area contributed by atoms with Gasteiger partial charge in [0.2, 0.25) is 0 Å². The van der Waals surface area contributed by atoms with E-state index in [9.17, 15) is 0 Å². The summed E-state index contributed by atoms with van der Waals surface area (Å²) in [7, 11) is 0. The molecule has 0 amide bonds. The average molecular weight is 88.1 g/mol. The molecule has 0 aromatic carbocycles. The first-order valence-corrected chi connectivity index (χ1v) is 1.22. The van der Waals surface area contributed by atoms with Crippen molar-refractivity contribution >= 4 is 12.6 Å². The molecule has 0 saturated heterocycles. The zero-order chi connectivity index (χ0) is 2.00. The van der Waals surface area contributed by atoms with E-state index in [4.69, 9.17) is 0 Å². The maximum absolute atomic E-state index is 4.08. The van der Waals surface area contributed by atoms with Gasteiger partial charge < -0.3 is 18.1 Å². The smallest absolute Gasteiger partial charge is 0.796 e. The van der Waals surface area contributed by atoms with Crippen LogP contribution in [0.5, 0.6) is 0 Å². The summed E-state index contributed by atoms with van der Waals surface area (Å²) >= 11 is 4.08. The van der Waals surface area contributed by atoms with Crippen LogP contribution in [0.25, 0.3) is 0 Å². The molecule has 1 nitrogen and oxygen atoms in total. The normalized spacial score (nSPS) is 1.50. The van der Waals surface area contributed by atoms with E-state index in [2.05, 4.69) is 12.6 Å². The second-order valence-corrected chi connectivity index (χ2v) is 0. The van der Waals surface area contributed by atoms with Gasteiger partial charge in [0.05, 0.1) is 0 Å². The molecule has 0 aromatic rings. The molecule has 2 N–H and O–H groups in total. The van der Waals surface area contributed by atoms with E-state index in [1.807, 2.05) is 0 Å². The van der Waals surface area contributed by atoms with Crippen LogP contribution in [0, 0.1) is 0 Å². The number of hydrogen-bond donors (Lipinski definition) is 0. The van der Waals surface area contributed by atoms with Gasteiger partial charge in [0.25, 0.3) is 0 Å². The summed E-state index contributed by atoms with van der Waals surface area (Å²) in [6.07, 6.45) is 1.58. The number of hydrogen-bond acceptors (Lipinski definition) is 1. The van der Waals surface area contributed by atoms with Crippen LogP contribution in [0.1, 0.15) is 0 Å². The minimum absolute atomic E-state index is 0. The van der Waals surface area contributed by atoms with Crippen molar-refractivity contribution in [3.8, 4) is 0 Å². The molecular formula is CH5NaOS. The zero-order valence-corrected chi connectivity index (χ0v) is 5.72. The van der Waals surface area contributed by atoms with Crippen molar-refractivity contribution in [2.75, 3.05) is 6.26 Å². The molecule has 3 heteroatoms. The van der Waals surface area contributed by atoms with Crippen LogP contribution in [0.4, 0.5) is 0 Å². The Kier molecular flexibility index (Phi) is 127. The van der Waals surface area contributed by atoms with Crippen molar-refractivity contribution in [3.63, 3.8) is 0 Å².